The van der Waals surface area contributed by atoms with Crippen LogP contribution in [0.4, 0.5) is 11.4 Å². The number of nitrogens with one attached hydrogen (secondary N) is 1. The Labute approximate surface area is 159 Å². The van der Waals surface area contributed by atoms with Gasteiger partial charge in [0.2, 0.25) is 0 Å². The van der Waals surface area contributed by atoms with E-state index in [1.165, 1.54) is 0 Å². The topological polar surface area (TPSA) is 54.5 Å². The molecule has 0 saturated carbocycles. The molecule has 0 fully saturated rings. The second-order valence-electron chi connectivity index (χ2n) is 5.97. The van der Waals surface area contributed by atoms with Gasteiger partial charge in [0, 0.05) is 18.8 Å². The molecule has 2 aromatic carbocycles. The lowest BCUT2D eigenvalue weighted by molar-refractivity contribution is 0.102. The lowest BCUT2D eigenvalue weighted by atomic mass is 10.2. The van der Waals surface area contributed by atoms with Crippen molar-refractivity contribution in [1.82, 2.24) is 4.98 Å². The molecule has 138 valence electrons. The van der Waals surface area contributed by atoms with E-state index in [-0.39, 0.29) is 5.91 Å². The summed E-state index contributed by atoms with van der Waals surface area (Å²) in [5, 5.41) is 2.86. The van der Waals surface area contributed by atoms with Crippen molar-refractivity contribution in [3.63, 3.8) is 0 Å². The molecule has 0 aliphatic carbocycles. The van der Waals surface area contributed by atoms with Gasteiger partial charge in [0.1, 0.15) is 17.2 Å². The minimum Gasteiger partial charge on any atom is -0.457 e. The predicted molar refractivity (Wildman–Crippen MR) is 109 cm³/mol. The molecule has 0 aliphatic heterocycles. The zero-order valence-electron chi connectivity index (χ0n) is 15.6. The summed E-state index contributed by atoms with van der Waals surface area (Å²) in [6.07, 6.45) is 1.73. The third-order valence-corrected chi connectivity index (χ3v) is 4.20. The highest BCUT2D eigenvalue weighted by Gasteiger charge is 2.09. The molecule has 5 heteroatoms. The third kappa shape index (κ3) is 4.85. The Morgan fingerprint density at radius 2 is 1.59 bits per heavy atom. The van der Waals surface area contributed by atoms with Gasteiger partial charge >= 0.3 is 0 Å². The fraction of sp³-hybridized carbons (Fsp3) is 0.182. The molecule has 27 heavy (non-hydrogen) atoms. The minimum absolute atomic E-state index is 0.238. The number of nitrogens with zero attached hydrogens (tertiary/aromatic N) is 2. The van der Waals surface area contributed by atoms with Crippen LogP contribution >= 0.6 is 0 Å². The van der Waals surface area contributed by atoms with Gasteiger partial charge < -0.3 is 15.0 Å². The average molecular weight is 361 g/mol. The van der Waals surface area contributed by atoms with Crippen LogP contribution < -0.4 is 15.0 Å². The van der Waals surface area contributed by atoms with E-state index in [9.17, 15) is 4.79 Å². The molecule has 0 radical (unpaired) electrons. The highest BCUT2D eigenvalue weighted by atomic mass is 16.5. The molecule has 1 heterocycles. The maximum Gasteiger partial charge on any atom is 0.274 e. The van der Waals surface area contributed by atoms with Crippen molar-refractivity contribution >= 4 is 17.3 Å². The van der Waals surface area contributed by atoms with Crippen molar-refractivity contribution in [1.29, 1.82) is 0 Å². The second-order valence-corrected chi connectivity index (χ2v) is 5.97. The van der Waals surface area contributed by atoms with Crippen LogP contribution in [0.15, 0.2) is 72.9 Å². The molecule has 1 amide bonds. The van der Waals surface area contributed by atoms with Crippen molar-refractivity contribution in [3.05, 3.63) is 78.6 Å². The summed E-state index contributed by atoms with van der Waals surface area (Å²) in [6, 6.07) is 20.5. The molecule has 0 unspecified atom stereocenters. The van der Waals surface area contributed by atoms with Gasteiger partial charge in [-0.1, -0.05) is 18.2 Å². The molecule has 1 N–H and O–H groups in total. The van der Waals surface area contributed by atoms with Gasteiger partial charge in [-0.05, 0) is 62.4 Å². The van der Waals surface area contributed by atoms with Gasteiger partial charge in [-0.3, -0.25) is 4.79 Å². The van der Waals surface area contributed by atoms with E-state index in [2.05, 4.69) is 29.0 Å². The number of hydrogen-bond donors (Lipinski definition) is 1. The van der Waals surface area contributed by atoms with Crippen LogP contribution in [-0.2, 0) is 0 Å². The fourth-order valence-corrected chi connectivity index (χ4v) is 2.72. The van der Waals surface area contributed by atoms with Gasteiger partial charge in [0.05, 0.1) is 11.9 Å². The first-order valence-electron chi connectivity index (χ1n) is 9.05. The quantitative estimate of drug-likeness (QED) is 0.645. The molecule has 1 aromatic heterocycles. The van der Waals surface area contributed by atoms with Crippen molar-refractivity contribution in [3.8, 4) is 11.5 Å². The summed E-state index contributed by atoms with van der Waals surface area (Å²) in [7, 11) is 0. The number of carbonyl (C=O) groups excluding carboxylic acids is 1. The Balaban J connectivity index is 1.62. The maximum atomic E-state index is 12.4. The number of benzene rings is 2. The molecular formula is C22H23N3O2. The number of rotatable bonds is 7. The van der Waals surface area contributed by atoms with Gasteiger partial charge in [-0.15, -0.1) is 0 Å². The highest BCUT2D eigenvalue weighted by Crippen LogP contribution is 2.23. The first-order chi connectivity index (χ1) is 13.2. The minimum atomic E-state index is -0.238. The number of ether oxygens (including phenoxy) is 1. The van der Waals surface area contributed by atoms with Crippen LogP contribution in [0.3, 0.4) is 0 Å². The Hall–Kier alpha value is -3.34. The smallest absolute Gasteiger partial charge is 0.274 e. The van der Waals surface area contributed by atoms with E-state index in [4.69, 9.17) is 4.74 Å². The normalized spacial score (nSPS) is 10.3. The first kappa shape index (κ1) is 18.5. The van der Waals surface area contributed by atoms with Crippen LogP contribution in [0.5, 0.6) is 11.5 Å². The van der Waals surface area contributed by atoms with Crippen molar-refractivity contribution in [2.45, 2.75) is 13.8 Å². The van der Waals surface area contributed by atoms with E-state index >= 15 is 0 Å². The summed E-state index contributed by atoms with van der Waals surface area (Å²) >= 11 is 0. The van der Waals surface area contributed by atoms with Crippen molar-refractivity contribution in [2.24, 2.45) is 0 Å². The number of hydrogen-bond acceptors (Lipinski definition) is 4. The largest absolute Gasteiger partial charge is 0.457 e. The monoisotopic (exact) mass is 361 g/mol. The molecule has 3 rings (SSSR count). The van der Waals surface area contributed by atoms with Crippen molar-refractivity contribution < 1.29 is 9.53 Å². The summed E-state index contributed by atoms with van der Waals surface area (Å²) in [5.74, 6) is 1.24. The first-order valence-corrected chi connectivity index (χ1v) is 9.05. The number of carbonyl (C=O) groups is 1. The highest BCUT2D eigenvalue weighted by molar-refractivity contribution is 6.02. The molecule has 5 nitrogen and oxygen atoms in total. The van der Waals surface area contributed by atoms with Gasteiger partial charge in [-0.2, -0.15) is 0 Å². The molecule has 0 bridgehead atoms. The number of amides is 1. The molecular weight excluding hydrogens is 338 g/mol. The fourth-order valence-electron chi connectivity index (χ4n) is 2.72. The van der Waals surface area contributed by atoms with Gasteiger partial charge in [-0.25, -0.2) is 4.98 Å². The lowest BCUT2D eigenvalue weighted by Crippen LogP contribution is -2.22. The van der Waals surface area contributed by atoms with Crippen molar-refractivity contribution in [2.75, 3.05) is 23.3 Å². The third-order valence-electron chi connectivity index (χ3n) is 4.20. The second kappa shape index (κ2) is 8.85. The summed E-state index contributed by atoms with van der Waals surface area (Å²) in [6.45, 7) is 5.99. The Kier molecular flexibility index (Phi) is 6.05. The predicted octanol–water partition coefficient (Wildman–Crippen LogP) is 4.97. The van der Waals surface area contributed by atoms with Crippen LogP contribution in [0, 0.1) is 0 Å². The summed E-state index contributed by atoms with van der Waals surface area (Å²) in [4.78, 5) is 18.9. The van der Waals surface area contributed by atoms with E-state index in [0.29, 0.717) is 17.1 Å². The van der Waals surface area contributed by atoms with E-state index in [1.54, 1.807) is 24.4 Å². The average Bonchev–Trinajstić information content (AvgIpc) is 2.72. The van der Waals surface area contributed by atoms with E-state index in [1.807, 2.05) is 48.5 Å². The number of anilines is 2. The standard InChI is InChI=1S/C22H23N3O2/c1-3-25(4-2)18-12-15-21(23-16-18)22(26)24-17-10-13-20(14-11-17)27-19-8-6-5-7-9-19/h5-16H,3-4H2,1-2H3,(H,24,26). The van der Waals surface area contributed by atoms with Crippen LogP contribution in [0.25, 0.3) is 0 Å². The molecule has 0 atom stereocenters. The lowest BCUT2D eigenvalue weighted by Gasteiger charge is -2.20. The number of aromatic nitrogens is 1. The van der Waals surface area contributed by atoms with E-state index in [0.717, 1.165) is 24.5 Å². The number of para-hydroxylation sites is 1. The Morgan fingerprint density at radius 1 is 0.926 bits per heavy atom. The summed E-state index contributed by atoms with van der Waals surface area (Å²) < 4.78 is 5.75. The zero-order chi connectivity index (χ0) is 19.1. The Bertz CT molecular complexity index is 858. The maximum absolute atomic E-state index is 12.4. The molecule has 3 aromatic rings. The van der Waals surface area contributed by atoms with Gasteiger partial charge in [0.25, 0.3) is 5.91 Å². The SMILES string of the molecule is CCN(CC)c1ccc(C(=O)Nc2ccc(Oc3ccccc3)cc2)nc1. The van der Waals surface area contributed by atoms with Crippen LogP contribution in [0.2, 0.25) is 0 Å². The summed E-state index contributed by atoms with van der Waals surface area (Å²) in [5.41, 5.74) is 2.09. The van der Waals surface area contributed by atoms with Crippen LogP contribution in [0.1, 0.15) is 24.3 Å². The van der Waals surface area contributed by atoms with E-state index < -0.39 is 0 Å². The zero-order valence-corrected chi connectivity index (χ0v) is 15.6. The van der Waals surface area contributed by atoms with Crippen LogP contribution in [-0.4, -0.2) is 24.0 Å². The number of pyridine rings is 1. The molecule has 0 aliphatic rings. The Morgan fingerprint density at radius 3 is 2.19 bits per heavy atom. The molecule has 0 spiro atoms. The van der Waals surface area contributed by atoms with Gasteiger partial charge in [0.15, 0.2) is 0 Å². The molecule has 0 saturated heterocycles.